The number of rotatable bonds is 5. The Hall–Kier alpha value is -0.930. The fraction of sp³-hybridized carbons (Fsp3) is 0.722. The second-order valence-electron chi connectivity index (χ2n) is 7.21. The second-order valence-corrected chi connectivity index (χ2v) is 7.21. The van der Waals surface area contributed by atoms with Gasteiger partial charge in [0.05, 0.1) is 5.69 Å². The maximum absolute atomic E-state index is 6.36. The van der Waals surface area contributed by atoms with E-state index in [0.717, 1.165) is 36.3 Å². The molecule has 0 spiro atoms. The Labute approximate surface area is 129 Å². The summed E-state index contributed by atoms with van der Waals surface area (Å²) in [4.78, 5) is 6.98. The lowest BCUT2D eigenvalue weighted by molar-refractivity contribution is 0.146. The molecule has 1 aliphatic carbocycles. The summed E-state index contributed by atoms with van der Waals surface area (Å²) < 4.78 is 0. The fourth-order valence-electron chi connectivity index (χ4n) is 3.57. The molecule has 1 heterocycles. The summed E-state index contributed by atoms with van der Waals surface area (Å²) in [5, 5.41) is 0. The van der Waals surface area contributed by atoms with E-state index >= 15 is 0 Å². The number of hydrogen-bond acceptors (Lipinski definition) is 3. The molecule has 1 saturated carbocycles. The van der Waals surface area contributed by atoms with Gasteiger partial charge in [-0.1, -0.05) is 19.9 Å². The zero-order valence-electron chi connectivity index (χ0n) is 14.0. The highest BCUT2D eigenvalue weighted by molar-refractivity contribution is 5.09. The molecule has 1 fully saturated rings. The molecule has 0 amide bonds. The van der Waals surface area contributed by atoms with E-state index in [2.05, 4.69) is 42.9 Å². The smallest absolute Gasteiger partial charge is 0.0547 e. The molecule has 3 unspecified atom stereocenters. The average Bonchev–Trinajstić information content (AvgIpc) is 2.41. The van der Waals surface area contributed by atoms with E-state index in [-0.39, 0.29) is 0 Å². The number of nitrogens with zero attached hydrogens (tertiary/aromatic N) is 2. The predicted molar refractivity (Wildman–Crippen MR) is 89.0 cm³/mol. The molecule has 2 rings (SSSR count). The van der Waals surface area contributed by atoms with Gasteiger partial charge < -0.3 is 10.6 Å². The number of nitrogens with two attached hydrogens (primary N) is 1. The van der Waals surface area contributed by atoms with Crippen molar-refractivity contribution in [1.82, 2.24) is 9.88 Å². The van der Waals surface area contributed by atoms with Crippen molar-refractivity contribution in [2.45, 2.75) is 52.6 Å². The second kappa shape index (κ2) is 7.37. The van der Waals surface area contributed by atoms with E-state index < -0.39 is 0 Å². The van der Waals surface area contributed by atoms with Crippen LogP contribution in [0.25, 0.3) is 0 Å². The highest BCUT2D eigenvalue weighted by atomic mass is 15.1. The van der Waals surface area contributed by atoms with Crippen molar-refractivity contribution in [3.8, 4) is 0 Å². The first kappa shape index (κ1) is 16.4. The van der Waals surface area contributed by atoms with Gasteiger partial charge in [0.15, 0.2) is 0 Å². The summed E-state index contributed by atoms with van der Waals surface area (Å²) in [6.07, 6.45) is 3.77. The van der Waals surface area contributed by atoms with Crippen LogP contribution in [0.15, 0.2) is 18.2 Å². The molecule has 0 bridgehead atoms. The summed E-state index contributed by atoms with van der Waals surface area (Å²) in [5.41, 5.74) is 8.61. The lowest BCUT2D eigenvalue weighted by Gasteiger charge is -2.38. The molecule has 0 aromatic carbocycles. The van der Waals surface area contributed by atoms with Crippen molar-refractivity contribution in [3.63, 3.8) is 0 Å². The highest BCUT2D eigenvalue weighted by Crippen LogP contribution is 2.33. The zero-order chi connectivity index (χ0) is 15.4. The summed E-state index contributed by atoms with van der Waals surface area (Å²) in [5.74, 6) is 2.25. The zero-order valence-corrected chi connectivity index (χ0v) is 14.0. The van der Waals surface area contributed by atoms with Crippen molar-refractivity contribution >= 4 is 0 Å². The summed E-state index contributed by atoms with van der Waals surface area (Å²) in [6, 6.07) is 6.62. The van der Waals surface area contributed by atoms with Crippen molar-refractivity contribution in [2.24, 2.45) is 23.5 Å². The monoisotopic (exact) mass is 289 g/mol. The molecule has 0 radical (unpaired) electrons. The van der Waals surface area contributed by atoms with Crippen LogP contribution in [0, 0.1) is 24.7 Å². The molecule has 3 heteroatoms. The normalized spacial score (nSPS) is 26.5. The van der Waals surface area contributed by atoms with Crippen molar-refractivity contribution < 1.29 is 0 Å². The minimum atomic E-state index is 0.368. The van der Waals surface area contributed by atoms with Crippen molar-refractivity contribution in [2.75, 3.05) is 13.6 Å². The van der Waals surface area contributed by atoms with E-state index in [1.54, 1.807) is 0 Å². The highest BCUT2D eigenvalue weighted by Gasteiger charge is 2.30. The minimum Gasteiger partial charge on any atom is -0.327 e. The van der Waals surface area contributed by atoms with E-state index in [1.807, 2.05) is 13.0 Å². The molecule has 0 aliphatic heterocycles. The lowest BCUT2D eigenvalue weighted by atomic mass is 9.74. The molecule has 1 aromatic heterocycles. The van der Waals surface area contributed by atoms with Gasteiger partial charge in [0.2, 0.25) is 0 Å². The Balaban J connectivity index is 1.90. The van der Waals surface area contributed by atoms with Crippen molar-refractivity contribution in [1.29, 1.82) is 0 Å². The molecule has 3 atom stereocenters. The number of pyridine rings is 1. The van der Waals surface area contributed by atoms with E-state index in [1.165, 1.54) is 19.3 Å². The Bertz CT molecular complexity index is 444. The largest absolute Gasteiger partial charge is 0.327 e. The summed E-state index contributed by atoms with van der Waals surface area (Å²) in [6.45, 7) is 8.74. The van der Waals surface area contributed by atoms with E-state index in [4.69, 9.17) is 5.73 Å². The van der Waals surface area contributed by atoms with Gasteiger partial charge in [-0.3, -0.25) is 4.98 Å². The first-order valence-corrected chi connectivity index (χ1v) is 8.32. The van der Waals surface area contributed by atoms with Gasteiger partial charge in [-0.2, -0.15) is 0 Å². The van der Waals surface area contributed by atoms with Crippen LogP contribution >= 0.6 is 0 Å². The van der Waals surface area contributed by atoms with Crippen LogP contribution in [-0.4, -0.2) is 29.5 Å². The standard InChI is InChI=1S/C18H31N3/c1-13(2)15-8-9-18(19)16(10-15)11-21(4)12-17-7-5-6-14(3)20-17/h5-7,13,15-16,18H,8-12,19H2,1-4H3. The minimum absolute atomic E-state index is 0.368. The van der Waals surface area contributed by atoms with Gasteiger partial charge in [-0.25, -0.2) is 0 Å². The van der Waals surface area contributed by atoms with Crippen LogP contribution in [0.5, 0.6) is 0 Å². The maximum atomic E-state index is 6.36. The Kier molecular flexibility index (Phi) is 5.77. The van der Waals surface area contributed by atoms with Crippen LogP contribution in [0.4, 0.5) is 0 Å². The van der Waals surface area contributed by atoms with E-state index in [0.29, 0.717) is 12.0 Å². The first-order valence-electron chi connectivity index (χ1n) is 8.32. The van der Waals surface area contributed by atoms with Gasteiger partial charge in [0.25, 0.3) is 0 Å². The molecule has 2 N–H and O–H groups in total. The molecule has 21 heavy (non-hydrogen) atoms. The molecular formula is C18H31N3. The predicted octanol–water partition coefficient (Wildman–Crippen LogP) is 3.22. The van der Waals surface area contributed by atoms with Gasteiger partial charge in [-0.05, 0) is 63.1 Å². The van der Waals surface area contributed by atoms with Gasteiger partial charge in [0.1, 0.15) is 0 Å². The summed E-state index contributed by atoms with van der Waals surface area (Å²) >= 11 is 0. The SMILES string of the molecule is Cc1cccc(CN(C)CC2CC(C(C)C)CCC2N)n1. The third kappa shape index (κ3) is 4.79. The molecular weight excluding hydrogens is 258 g/mol. The molecule has 3 nitrogen and oxygen atoms in total. The number of hydrogen-bond donors (Lipinski definition) is 1. The first-order chi connectivity index (χ1) is 9.95. The summed E-state index contributed by atoms with van der Waals surface area (Å²) in [7, 11) is 2.19. The maximum Gasteiger partial charge on any atom is 0.0547 e. The van der Waals surface area contributed by atoms with Crippen LogP contribution in [0.1, 0.15) is 44.5 Å². The average molecular weight is 289 g/mol. The number of aromatic nitrogens is 1. The third-order valence-electron chi connectivity index (χ3n) is 4.95. The molecule has 1 aliphatic rings. The Morgan fingerprint density at radius 3 is 2.76 bits per heavy atom. The van der Waals surface area contributed by atoms with Gasteiger partial charge >= 0.3 is 0 Å². The molecule has 0 saturated heterocycles. The quantitative estimate of drug-likeness (QED) is 0.905. The van der Waals surface area contributed by atoms with Crippen LogP contribution < -0.4 is 5.73 Å². The topological polar surface area (TPSA) is 42.1 Å². The number of aryl methyl sites for hydroxylation is 1. The van der Waals surface area contributed by atoms with Gasteiger partial charge in [-0.15, -0.1) is 0 Å². The molecule has 1 aromatic rings. The van der Waals surface area contributed by atoms with Crippen molar-refractivity contribution in [3.05, 3.63) is 29.6 Å². The van der Waals surface area contributed by atoms with Crippen LogP contribution in [0.3, 0.4) is 0 Å². The Morgan fingerprint density at radius 2 is 2.10 bits per heavy atom. The third-order valence-corrected chi connectivity index (χ3v) is 4.95. The molecule has 118 valence electrons. The van der Waals surface area contributed by atoms with E-state index in [9.17, 15) is 0 Å². The van der Waals surface area contributed by atoms with Gasteiger partial charge in [0, 0.05) is 24.8 Å². The van der Waals surface area contributed by atoms with Crippen LogP contribution in [-0.2, 0) is 6.54 Å². The Morgan fingerprint density at radius 1 is 1.33 bits per heavy atom. The fourth-order valence-corrected chi connectivity index (χ4v) is 3.57. The lowest BCUT2D eigenvalue weighted by Crippen LogP contribution is -2.42. The van der Waals surface area contributed by atoms with Crippen LogP contribution in [0.2, 0.25) is 0 Å².